The van der Waals surface area contributed by atoms with Crippen LogP contribution < -0.4 is 16.0 Å². The van der Waals surface area contributed by atoms with Gasteiger partial charge in [0.05, 0.1) is 11.1 Å². The standard InChI is InChI=1S/C14H18ClN3O4/c1-8(21-12-5-4-10(15)7-17-12)6-11(16)14(20)22-18-13(19)9-2-3-9/h4-5,7-9,11H,2-3,6,16H2,1H3,(H,18,19). The summed E-state index contributed by atoms with van der Waals surface area (Å²) in [4.78, 5) is 31.7. The van der Waals surface area contributed by atoms with E-state index in [-0.39, 0.29) is 24.3 Å². The number of carbonyl (C=O) groups is 2. The van der Waals surface area contributed by atoms with Crippen LogP contribution in [-0.4, -0.2) is 29.0 Å². The van der Waals surface area contributed by atoms with Crippen molar-refractivity contribution in [2.24, 2.45) is 11.7 Å². The molecule has 2 unspecified atom stereocenters. The summed E-state index contributed by atoms with van der Waals surface area (Å²) in [6.45, 7) is 1.76. The van der Waals surface area contributed by atoms with E-state index in [1.807, 2.05) is 0 Å². The van der Waals surface area contributed by atoms with Crippen molar-refractivity contribution < 1.29 is 19.2 Å². The van der Waals surface area contributed by atoms with Crippen molar-refractivity contribution in [3.63, 3.8) is 0 Å². The van der Waals surface area contributed by atoms with Crippen LogP contribution in [0.1, 0.15) is 26.2 Å². The van der Waals surface area contributed by atoms with Crippen molar-refractivity contribution in [3.05, 3.63) is 23.4 Å². The van der Waals surface area contributed by atoms with Crippen molar-refractivity contribution in [1.82, 2.24) is 10.5 Å². The number of hydrogen-bond acceptors (Lipinski definition) is 6. The van der Waals surface area contributed by atoms with E-state index in [9.17, 15) is 9.59 Å². The average Bonchev–Trinajstić information content (AvgIpc) is 3.31. The van der Waals surface area contributed by atoms with Gasteiger partial charge in [0.1, 0.15) is 6.04 Å². The number of amides is 1. The smallest absolute Gasteiger partial charge is 0.348 e. The van der Waals surface area contributed by atoms with Gasteiger partial charge in [-0.25, -0.2) is 9.78 Å². The predicted molar refractivity (Wildman–Crippen MR) is 78.9 cm³/mol. The summed E-state index contributed by atoms with van der Waals surface area (Å²) < 4.78 is 5.52. The van der Waals surface area contributed by atoms with E-state index in [2.05, 4.69) is 15.3 Å². The van der Waals surface area contributed by atoms with Gasteiger partial charge in [0.15, 0.2) is 0 Å². The van der Waals surface area contributed by atoms with Crippen LogP contribution in [0.5, 0.6) is 5.88 Å². The molecule has 1 aliphatic rings. The fourth-order valence-electron chi connectivity index (χ4n) is 1.75. The van der Waals surface area contributed by atoms with Gasteiger partial charge < -0.3 is 15.3 Å². The zero-order chi connectivity index (χ0) is 16.1. The topological polar surface area (TPSA) is 104 Å². The lowest BCUT2D eigenvalue weighted by molar-refractivity contribution is -0.160. The molecule has 120 valence electrons. The van der Waals surface area contributed by atoms with Gasteiger partial charge in [-0.1, -0.05) is 11.6 Å². The Kier molecular flexibility index (Phi) is 5.57. The molecule has 0 radical (unpaired) electrons. The molecule has 1 saturated carbocycles. The Labute approximate surface area is 133 Å². The van der Waals surface area contributed by atoms with Crippen molar-refractivity contribution in [3.8, 4) is 5.88 Å². The Morgan fingerprint density at radius 3 is 2.82 bits per heavy atom. The molecule has 7 nitrogen and oxygen atoms in total. The molecule has 0 spiro atoms. The molecule has 3 N–H and O–H groups in total. The van der Waals surface area contributed by atoms with Crippen LogP contribution in [0.3, 0.4) is 0 Å². The van der Waals surface area contributed by atoms with Crippen molar-refractivity contribution in [2.75, 3.05) is 0 Å². The normalized spacial score (nSPS) is 16.5. The fraction of sp³-hybridized carbons (Fsp3) is 0.500. The Hall–Kier alpha value is -1.86. The third kappa shape index (κ3) is 5.16. The summed E-state index contributed by atoms with van der Waals surface area (Å²) in [6, 6.07) is 2.37. The fourth-order valence-corrected chi connectivity index (χ4v) is 1.86. The molecule has 0 bridgehead atoms. The first-order valence-corrected chi connectivity index (χ1v) is 7.38. The third-order valence-corrected chi connectivity index (χ3v) is 3.33. The van der Waals surface area contributed by atoms with Crippen LogP contribution in [0.15, 0.2) is 18.3 Å². The summed E-state index contributed by atoms with van der Waals surface area (Å²) >= 11 is 5.73. The van der Waals surface area contributed by atoms with Crippen LogP contribution >= 0.6 is 11.6 Å². The van der Waals surface area contributed by atoms with Crippen LogP contribution in [0.25, 0.3) is 0 Å². The van der Waals surface area contributed by atoms with Crippen LogP contribution in [0.2, 0.25) is 5.02 Å². The number of nitrogens with one attached hydrogen (secondary N) is 1. The van der Waals surface area contributed by atoms with Gasteiger partial charge >= 0.3 is 5.97 Å². The Morgan fingerprint density at radius 1 is 1.50 bits per heavy atom. The molecule has 2 rings (SSSR count). The Balaban J connectivity index is 1.72. The number of nitrogens with two attached hydrogens (primary N) is 1. The quantitative estimate of drug-likeness (QED) is 0.761. The van der Waals surface area contributed by atoms with E-state index in [0.717, 1.165) is 12.8 Å². The number of hydrogen-bond donors (Lipinski definition) is 2. The minimum Gasteiger partial charge on any atom is -0.475 e. The minimum absolute atomic E-state index is 0.0396. The average molecular weight is 328 g/mol. The number of aromatic nitrogens is 1. The second kappa shape index (κ2) is 7.42. The maximum atomic E-state index is 11.7. The molecule has 1 aromatic heterocycles. The summed E-state index contributed by atoms with van der Waals surface area (Å²) in [5.41, 5.74) is 7.84. The molecule has 1 aliphatic carbocycles. The molecule has 1 fully saturated rings. The number of pyridine rings is 1. The molecule has 22 heavy (non-hydrogen) atoms. The van der Waals surface area contributed by atoms with E-state index in [1.165, 1.54) is 6.20 Å². The van der Waals surface area contributed by atoms with E-state index in [1.54, 1.807) is 19.1 Å². The Morgan fingerprint density at radius 2 is 2.23 bits per heavy atom. The Bertz CT molecular complexity index is 533. The molecule has 8 heteroatoms. The predicted octanol–water partition coefficient (Wildman–Crippen LogP) is 1.20. The monoisotopic (exact) mass is 327 g/mol. The highest BCUT2D eigenvalue weighted by molar-refractivity contribution is 6.30. The minimum atomic E-state index is -0.901. The zero-order valence-corrected chi connectivity index (χ0v) is 12.9. The molecular formula is C14H18ClN3O4. The SMILES string of the molecule is CC(CC(N)C(=O)ONC(=O)C1CC1)Oc1ccc(Cl)cn1. The number of hydroxylamine groups is 1. The van der Waals surface area contributed by atoms with Crippen LogP contribution in [0.4, 0.5) is 0 Å². The largest absolute Gasteiger partial charge is 0.475 e. The molecule has 1 amide bonds. The van der Waals surface area contributed by atoms with Gasteiger partial charge in [-0.2, -0.15) is 5.48 Å². The maximum absolute atomic E-state index is 11.7. The molecule has 1 aromatic rings. The van der Waals surface area contributed by atoms with E-state index in [4.69, 9.17) is 22.1 Å². The van der Waals surface area contributed by atoms with Gasteiger partial charge in [-0.05, 0) is 25.8 Å². The molecule has 0 aliphatic heterocycles. The third-order valence-electron chi connectivity index (χ3n) is 3.11. The first-order valence-electron chi connectivity index (χ1n) is 7.00. The zero-order valence-electron chi connectivity index (χ0n) is 12.1. The lowest BCUT2D eigenvalue weighted by Crippen LogP contribution is -2.40. The lowest BCUT2D eigenvalue weighted by atomic mass is 10.1. The number of halogens is 1. The van der Waals surface area contributed by atoms with E-state index in [0.29, 0.717) is 10.9 Å². The van der Waals surface area contributed by atoms with E-state index < -0.39 is 12.0 Å². The summed E-state index contributed by atoms with van der Waals surface area (Å²) in [6.07, 6.45) is 2.99. The first-order chi connectivity index (χ1) is 10.5. The molecular weight excluding hydrogens is 310 g/mol. The van der Waals surface area contributed by atoms with Gasteiger partial charge in [0.25, 0.3) is 5.91 Å². The summed E-state index contributed by atoms with van der Waals surface area (Å²) in [5, 5.41) is 0.506. The molecule has 2 atom stereocenters. The maximum Gasteiger partial charge on any atom is 0.348 e. The van der Waals surface area contributed by atoms with Gasteiger partial charge in [-0.15, -0.1) is 0 Å². The first kappa shape index (κ1) is 16.5. The van der Waals surface area contributed by atoms with Crippen LogP contribution in [0, 0.1) is 5.92 Å². The number of nitrogens with zero attached hydrogens (tertiary/aromatic N) is 1. The van der Waals surface area contributed by atoms with Crippen molar-refractivity contribution in [1.29, 1.82) is 0 Å². The highest BCUT2D eigenvalue weighted by atomic mass is 35.5. The second-order valence-corrected chi connectivity index (χ2v) is 5.68. The van der Waals surface area contributed by atoms with Gasteiger partial charge in [0.2, 0.25) is 5.88 Å². The van der Waals surface area contributed by atoms with E-state index >= 15 is 0 Å². The highest BCUT2D eigenvalue weighted by Crippen LogP contribution is 2.28. The van der Waals surface area contributed by atoms with Gasteiger partial charge in [-0.3, -0.25) is 4.79 Å². The van der Waals surface area contributed by atoms with Gasteiger partial charge in [0, 0.05) is 24.6 Å². The summed E-state index contributed by atoms with van der Waals surface area (Å²) in [7, 11) is 0. The number of carbonyl (C=O) groups excluding carboxylic acids is 2. The number of rotatable bonds is 6. The molecule has 0 aromatic carbocycles. The van der Waals surface area contributed by atoms with Crippen LogP contribution in [-0.2, 0) is 14.4 Å². The summed E-state index contributed by atoms with van der Waals surface area (Å²) in [5.74, 6) is -0.634. The number of ether oxygens (including phenoxy) is 1. The van der Waals surface area contributed by atoms with Crippen molar-refractivity contribution in [2.45, 2.75) is 38.3 Å². The lowest BCUT2D eigenvalue weighted by Gasteiger charge is -2.17. The second-order valence-electron chi connectivity index (χ2n) is 5.25. The highest BCUT2D eigenvalue weighted by Gasteiger charge is 2.31. The van der Waals surface area contributed by atoms with Crippen molar-refractivity contribution >= 4 is 23.5 Å². The molecule has 1 heterocycles. The molecule has 0 saturated heterocycles.